The Morgan fingerprint density at radius 2 is 1.88 bits per heavy atom. The Hall–Kier alpha value is -2.57. The monoisotopic (exact) mass is 473 g/mol. The van der Waals surface area contributed by atoms with Crippen molar-refractivity contribution in [1.29, 1.82) is 0 Å². The maximum atomic E-state index is 13.2. The molecule has 1 saturated heterocycles. The van der Waals surface area contributed by atoms with Gasteiger partial charge in [0.1, 0.15) is 17.1 Å². The van der Waals surface area contributed by atoms with Crippen LogP contribution in [0.5, 0.6) is 11.5 Å². The number of hydrogen-bond donors (Lipinski definition) is 0. The molecule has 3 aliphatic heterocycles. The van der Waals surface area contributed by atoms with Crippen molar-refractivity contribution in [2.45, 2.75) is 44.1 Å². The van der Waals surface area contributed by atoms with Gasteiger partial charge in [-0.15, -0.1) is 0 Å². The highest BCUT2D eigenvalue weighted by atomic mass is 35.5. The Balaban J connectivity index is 1.60. The van der Waals surface area contributed by atoms with Crippen molar-refractivity contribution < 1.29 is 23.9 Å². The lowest BCUT2D eigenvalue weighted by molar-refractivity contribution is -0.135. The van der Waals surface area contributed by atoms with Gasteiger partial charge in [-0.05, 0) is 29.8 Å². The van der Waals surface area contributed by atoms with Gasteiger partial charge in [-0.3, -0.25) is 14.4 Å². The fourth-order valence-corrected chi connectivity index (χ4v) is 5.50. The van der Waals surface area contributed by atoms with Crippen molar-refractivity contribution in [2.75, 3.05) is 13.1 Å². The number of carbonyl (C=O) groups is 3. The average molecular weight is 474 g/mol. The number of fused-ring (bicyclic) bond motifs is 3. The molecular weight excluding hydrogens is 453 g/mol. The van der Waals surface area contributed by atoms with Crippen LogP contribution < -0.4 is 9.47 Å². The van der Waals surface area contributed by atoms with Crippen LogP contribution in [0, 0.1) is 0 Å². The molecule has 0 bridgehead atoms. The van der Waals surface area contributed by atoms with E-state index in [1.54, 1.807) is 42.2 Å². The Labute approximate surface area is 195 Å². The van der Waals surface area contributed by atoms with Crippen LogP contribution >= 0.6 is 23.2 Å². The fraction of sp³-hybridized carbons (Fsp3) is 0.375. The lowest BCUT2D eigenvalue weighted by atomic mass is 9.79. The number of benzene rings is 2. The number of carbonyl (C=O) groups excluding carboxylic acids is 3. The molecule has 3 aliphatic rings. The first kappa shape index (κ1) is 21.3. The van der Waals surface area contributed by atoms with Crippen LogP contribution in [0.3, 0.4) is 0 Å². The summed E-state index contributed by atoms with van der Waals surface area (Å²) in [7, 11) is 0. The molecule has 6 nitrogen and oxygen atoms in total. The molecule has 0 aromatic heterocycles. The zero-order valence-electron chi connectivity index (χ0n) is 17.5. The Morgan fingerprint density at radius 3 is 2.56 bits per heavy atom. The summed E-state index contributed by atoms with van der Waals surface area (Å²) < 4.78 is 12.1. The van der Waals surface area contributed by atoms with E-state index in [4.69, 9.17) is 32.7 Å². The van der Waals surface area contributed by atoms with Crippen molar-refractivity contribution in [3.05, 3.63) is 57.1 Å². The number of nitrogens with zero attached hydrogens (tertiary/aromatic N) is 1. The molecule has 32 heavy (non-hydrogen) atoms. The molecule has 0 N–H and O–H groups in total. The van der Waals surface area contributed by atoms with E-state index >= 15 is 0 Å². The van der Waals surface area contributed by atoms with Gasteiger partial charge in [0.2, 0.25) is 5.91 Å². The van der Waals surface area contributed by atoms with Crippen molar-refractivity contribution in [3.8, 4) is 11.5 Å². The Morgan fingerprint density at radius 1 is 1.12 bits per heavy atom. The van der Waals surface area contributed by atoms with E-state index in [-0.39, 0.29) is 30.5 Å². The van der Waals surface area contributed by atoms with E-state index in [1.807, 2.05) is 0 Å². The zero-order valence-corrected chi connectivity index (χ0v) is 19.0. The first-order chi connectivity index (χ1) is 15.3. The number of ether oxygens (including phenoxy) is 2. The van der Waals surface area contributed by atoms with Crippen LogP contribution in [0.15, 0.2) is 30.3 Å². The highest BCUT2D eigenvalue weighted by Gasteiger charge is 2.46. The topological polar surface area (TPSA) is 72.9 Å². The van der Waals surface area contributed by atoms with E-state index in [0.717, 1.165) is 5.56 Å². The maximum absolute atomic E-state index is 13.2. The van der Waals surface area contributed by atoms with Crippen molar-refractivity contribution in [1.82, 2.24) is 4.90 Å². The summed E-state index contributed by atoms with van der Waals surface area (Å²) in [5, 5.41) is 0.933. The van der Waals surface area contributed by atoms with Gasteiger partial charge in [0.15, 0.2) is 5.78 Å². The fourth-order valence-electron chi connectivity index (χ4n) is 4.96. The quantitative estimate of drug-likeness (QED) is 0.440. The highest BCUT2D eigenvalue weighted by Crippen LogP contribution is 2.51. The molecule has 5 rings (SSSR count). The number of rotatable bonds is 1. The van der Waals surface area contributed by atoms with Crippen LogP contribution in [-0.4, -0.2) is 41.3 Å². The van der Waals surface area contributed by atoms with Crippen LogP contribution in [-0.2, 0) is 9.59 Å². The van der Waals surface area contributed by atoms with Gasteiger partial charge < -0.3 is 14.4 Å². The molecule has 1 spiro atoms. The van der Waals surface area contributed by atoms with Gasteiger partial charge >= 0.3 is 5.97 Å². The van der Waals surface area contributed by atoms with Gasteiger partial charge in [0, 0.05) is 54.4 Å². The largest absolute Gasteiger partial charge is 0.485 e. The Kier molecular flexibility index (Phi) is 5.18. The predicted molar refractivity (Wildman–Crippen MR) is 119 cm³/mol. The molecule has 1 amide bonds. The first-order valence-electron chi connectivity index (χ1n) is 10.6. The standard InChI is InChI=1S/C24H21Cl2NO5/c1-13(28)27-8-6-24(7-9-27)12-19(29)16-4-5-20-22(23(16)32-24)17(11-21(30)31-20)15-3-2-14(25)10-18(15)26/h2-5,10,17H,6-9,11-12H2,1H3. The molecule has 2 aromatic carbocycles. The minimum atomic E-state index is -0.680. The number of amides is 1. The van der Waals surface area contributed by atoms with Crippen LogP contribution in [0.2, 0.25) is 10.0 Å². The summed E-state index contributed by atoms with van der Waals surface area (Å²) in [6.45, 7) is 2.62. The number of piperidine rings is 1. The number of Topliss-reactive ketones (excluding diaryl/α,β-unsaturated/α-hetero) is 1. The summed E-state index contributed by atoms with van der Waals surface area (Å²) in [5.41, 5.74) is 1.19. The smallest absolute Gasteiger partial charge is 0.312 e. The summed E-state index contributed by atoms with van der Waals surface area (Å²) in [4.78, 5) is 39.1. The minimum Gasteiger partial charge on any atom is -0.485 e. The Bertz CT molecular complexity index is 1150. The van der Waals surface area contributed by atoms with E-state index in [1.165, 1.54) is 0 Å². The number of halogens is 2. The van der Waals surface area contributed by atoms with E-state index in [0.29, 0.717) is 58.6 Å². The number of ketones is 1. The third kappa shape index (κ3) is 3.55. The van der Waals surface area contributed by atoms with E-state index in [9.17, 15) is 14.4 Å². The second-order valence-electron chi connectivity index (χ2n) is 8.64. The van der Waals surface area contributed by atoms with Crippen molar-refractivity contribution >= 4 is 40.9 Å². The number of hydrogen-bond acceptors (Lipinski definition) is 5. The molecule has 0 radical (unpaired) electrons. The lowest BCUT2D eigenvalue weighted by Gasteiger charge is -2.45. The second kappa shape index (κ2) is 7.78. The van der Waals surface area contributed by atoms with E-state index < -0.39 is 11.5 Å². The number of likely N-dealkylation sites (tertiary alicyclic amines) is 1. The van der Waals surface area contributed by atoms with Crippen LogP contribution in [0.25, 0.3) is 0 Å². The summed E-state index contributed by atoms with van der Waals surface area (Å²) in [6.07, 6.45) is 1.46. The van der Waals surface area contributed by atoms with Gasteiger partial charge in [0.25, 0.3) is 0 Å². The molecule has 1 fully saturated rings. The van der Waals surface area contributed by atoms with Crippen molar-refractivity contribution in [3.63, 3.8) is 0 Å². The number of esters is 1. The van der Waals surface area contributed by atoms with Gasteiger partial charge in [-0.2, -0.15) is 0 Å². The van der Waals surface area contributed by atoms with E-state index in [2.05, 4.69) is 0 Å². The predicted octanol–water partition coefficient (Wildman–Crippen LogP) is 4.78. The van der Waals surface area contributed by atoms with Gasteiger partial charge in [0.05, 0.1) is 18.4 Å². The normalized spacial score (nSPS) is 21.5. The molecular formula is C24H21Cl2NO5. The second-order valence-corrected chi connectivity index (χ2v) is 9.49. The molecule has 166 valence electrons. The van der Waals surface area contributed by atoms with Crippen LogP contribution in [0.4, 0.5) is 0 Å². The molecule has 0 aliphatic carbocycles. The van der Waals surface area contributed by atoms with Gasteiger partial charge in [-0.1, -0.05) is 29.3 Å². The molecule has 3 heterocycles. The minimum absolute atomic E-state index is 0.0109. The molecule has 0 saturated carbocycles. The molecule has 1 unspecified atom stereocenters. The average Bonchev–Trinajstić information content (AvgIpc) is 2.73. The summed E-state index contributed by atoms with van der Waals surface area (Å²) in [5.74, 6) is 0.0409. The third-order valence-electron chi connectivity index (χ3n) is 6.66. The lowest BCUT2D eigenvalue weighted by Crippen LogP contribution is -2.52. The van der Waals surface area contributed by atoms with Gasteiger partial charge in [-0.25, -0.2) is 0 Å². The summed E-state index contributed by atoms with van der Waals surface area (Å²) in [6, 6.07) is 8.47. The third-order valence-corrected chi connectivity index (χ3v) is 7.22. The molecule has 8 heteroatoms. The zero-order chi connectivity index (χ0) is 22.6. The van der Waals surface area contributed by atoms with Crippen molar-refractivity contribution in [2.24, 2.45) is 0 Å². The maximum Gasteiger partial charge on any atom is 0.312 e. The summed E-state index contributed by atoms with van der Waals surface area (Å²) >= 11 is 12.6. The van der Waals surface area contributed by atoms with Crippen LogP contribution in [0.1, 0.15) is 60.0 Å². The highest BCUT2D eigenvalue weighted by molar-refractivity contribution is 6.35. The molecule has 1 atom stereocenters. The SMILES string of the molecule is CC(=O)N1CCC2(CC1)CC(=O)c1ccc3c(c1O2)C(c1ccc(Cl)cc1Cl)CC(=O)O3. The first-order valence-corrected chi connectivity index (χ1v) is 11.3. The molecule has 2 aromatic rings.